The highest BCUT2D eigenvalue weighted by Crippen LogP contribution is 2.22. The number of nitrogens with one attached hydrogen (secondary N) is 1. The van der Waals surface area contributed by atoms with Gasteiger partial charge in [-0.05, 0) is 43.0 Å². The number of amides is 1. The third-order valence-electron chi connectivity index (χ3n) is 4.76. The first-order valence-corrected chi connectivity index (χ1v) is 11.3. The molecule has 2 aromatic carbocycles. The Bertz CT molecular complexity index is 976. The molecule has 1 unspecified atom stereocenters. The minimum atomic E-state index is -3.50. The lowest BCUT2D eigenvalue weighted by Gasteiger charge is -2.31. The smallest absolute Gasteiger partial charge is 0.329 e. The number of carbonyl (C=O) groups is 2. The molecule has 1 fully saturated rings. The van der Waals surface area contributed by atoms with Gasteiger partial charge in [-0.2, -0.15) is 4.31 Å². The summed E-state index contributed by atoms with van der Waals surface area (Å²) in [6, 6.07) is 15.0. The third kappa shape index (κ3) is 5.65. The van der Waals surface area contributed by atoms with Crippen LogP contribution in [0.15, 0.2) is 54.6 Å². The van der Waals surface area contributed by atoms with Crippen LogP contribution in [0.3, 0.4) is 0 Å². The zero-order valence-corrected chi connectivity index (χ0v) is 17.0. The summed E-state index contributed by atoms with van der Waals surface area (Å²) in [7, 11) is -3.50. The van der Waals surface area contributed by atoms with Gasteiger partial charge in [-0.15, -0.1) is 0 Å². The van der Waals surface area contributed by atoms with Crippen LogP contribution in [-0.4, -0.2) is 43.4 Å². The molecule has 1 atom stereocenters. The van der Waals surface area contributed by atoms with Gasteiger partial charge in [-0.3, -0.25) is 4.79 Å². The number of nitrogens with zero attached hydrogens (tertiary/aromatic N) is 1. The molecule has 0 spiro atoms. The number of piperidine rings is 1. The molecule has 29 heavy (non-hydrogen) atoms. The second-order valence-corrected chi connectivity index (χ2v) is 8.94. The highest BCUT2D eigenvalue weighted by Gasteiger charge is 2.35. The topological polar surface area (TPSA) is 92.8 Å². The first kappa shape index (κ1) is 21.0. The molecule has 0 aliphatic carbocycles. The molecule has 7 nitrogen and oxygen atoms in total. The number of carbonyl (C=O) groups excluding carboxylic acids is 2. The van der Waals surface area contributed by atoms with Crippen LogP contribution in [0.25, 0.3) is 0 Å². The van der Waals surface area contributed by atoms with E-state index in [1.807, 2.05) is 30.3 Å². The van der Waals surface area contributed by atoms with Gasteiger partial charge in [0.25, 0.3) is 5.91 Å². The maximum Gasteiger partial charge on any atom is 0.329 e. The lowest BCUT2D eigenvalue weighted by Crippen LogP contribution is -2.48. The molecular formula is C21H24N2O5S. The van der Waals surface area contributed by atoms with Crippen molar-refractivity contribution in [2.24, 2.45) is 0 Å². The van der Waals surface area contributed by atoms with Crippen molar-refractivity contribution in [1.82, 2.24) is 9.62 Å². The minimum Gasteiger partial charge on any atom is -0.425 e. The van der Waals surface area contributed by atoms with Crippen molar-refractivity contribution in [3.63, 3.8) is 0 Å². The highest BCUT2D eigenvalue weighted by atomic mass is 32.2. The van der Waals surface area contributed by atoms with Crippen molar-refractivity contribution in [1.29, 1.82) is 0 Å². The quantitative estimate of drug-likeness (QED) is 0.576. The van der Waals surface area contributed by atoms with E-state index in [-0.39, 0.29) is 11.7 Å². The maximum atomic E-state index is 12.6. The van der Waals surface area contributed by atoms with Crippen LogP contribution in [0.1, 0.15) is 35.2 Å². The summed E-state index contributed by atoms with van der Waals surface area (Å²) in [6.07, 6.45) is 2.99. The average molecular weight is 416 g/mol. The molecule has 2 aromatic rings. The number of benzene rings is 2. The fourth-order valence-corrected chi connectivity index (χ4v) is 4.42. The Morgan fingerprint density at radius 1 is 1.10 bits per heavy atom. The van der Waals surface area contributed by atoms with Gasteiger partial charge in [0.1, 0.15) is 11.8 Å². The van der Waals surface area contributed by atoms with Crippen LogP contribution in [0.2, 0.25) is 0 Å². The van der Waals surface area contributed by atoms with Crippen molar-refractivity contribution < 1.29 is 22.7 Å². The normalized spacial score (nSPS) is 17.5. The van der Waals surface area contributed by atoms with Crippen molar-refractivity contribution in [2.75, 3.05) is 12.8 Å². The van der Waals surface area contributed by atoms with Crippen molar-refractivity contribution in [3.8, 4) is 5.75 Å². The standard InChI is InChI=1S/C21H24N2O5S/c1-29(26,27)23-13-6-5-12-19(23)21(25)28-18-11-7-10-17(14-18)20(24)22-15-16-8-3-2-4-9-16/h2-4,7-11,14,19H,5-6,12-13,15H2,1H3,(H,22,24). The Hall–Kier alpha value is -2.71. The van der Waals surface area contributed by atoms with Gasteiger partial charge in [0.15, 0.2) is 0 Å². The second kappa shape index (κ2) is 9.19. The molecule has 0 aromatic heterocycles. The summed E-state index contributed by atoms with van der Waals surface area (Å²) < 4.78 is 30.5. The first-order chi connectivity index (χ1) is 13.8. The fraction of sp³-hybridized carbons (Fsp3) is 0.333. The number of hydrogen-bond donors (Lipinski definition) is 1. The van der Waals surface area contributed by atoms with E-state index in [0.29, 0.717) is 31.5 Å². The van der Waals surface area contributed by atoms with E-state index in [2.05, 4.69) is 5.32 Å². The Kier molecular flexibility index (Phi) is 6.66. The highest BCUT2D eigenvalue weighted by molar-refractivity contribution is 7.88. The summed E-state index contributed by atoms with van der Waals surface area (Å²) in [5.41, 5.74) is 1.33. The van der Waals surface area contributed by atoms with E-state index in [9.17, 15) is 18.0 Å². The van der Waals surface area contributed by atoms with Gasteiger partial charge in [0.2, 0.25) is 10.0 Å². The molecule has 8 heteroatoms. The SMILES string of the molecule is CS(=O)(=O)N1CCCCC1C(=O)Oc1cccc(C(=O)NCc2ccccc2)c1. The Morgan fingerprint density at radius 3 is 2.59 bits per heavy atom. The molecule has 1 N–H and O–H groups in total. The molecule has 1 heterocycles. The third-order valence-corrected chi connectivity index (χ3v) is 6.05. The summed E-state index contributed by atoms with van der Waals surface area (Å²) in [5.74, 6) is -0.708. The molecule has 1 amide bonds. The van der Waals surface area contributed by atoms with Crippen LogP contribution in [-0.2, 0) is 21.4 Å². The van der Waals surface area contributed by atoms with E-state index in [1.165, 1.54) is 10.4 Å². The molecule has 1 aliphatic heterocycles. The van der Waals surface area contributed by atoms with Gasteiger partial charge in [-0.1, -0.05) is 36.4 Å². The molecule has 154 valence electrons. The predicted octanol–water partition coefficient (Wildman–Crippen LogP) is 2.34. The maximum absolute atomic E-state index is 12.6. The zero-order chi connectivity index (χ0) is 20.9. The molecule has 3 rings (SSSR count). The summed E-state index contributed by atoms with van der Waals surface area (Å²) >= 11 is 0. The van der Waals surface area contributed by atoms with Gasteiger partial charge in [0.05, 0.1) is 6.26 Å². The van der Waals surface area contributed by atoms with Crippen LogP contribution in [0, 0.1) is 0 Å². The van der Waals surface area contributed by atoms with Crippen LogP contribution >= 0.6 is 0 Å². The van der Waals surface area contributed by atoms with E-state index in [4.69, 9.17) is 4.74 Å². The van der Waals surface area contributed by atoms with Gasteiger partial charge >= 0.3 is 5.97 Å². The predicted molar refractivity (Wildman–Crippen MR) is 109 cm³/mol. The van der Waals surface area contributed by atoms with Gasteiger partial charge < -0.3 is 10.1 Å². The number of sulfonamides is 1. The summed E-state index contributed by atoms with van der Waals surface area (Å²) in [5, 5.41) is 2.82. The van der Waals surface area contributed by atoms with E-state index in [1.54, 1.807) is 18.2 Å². The van der Waals surface area contributed by atoms with Gasteiger partial charge in [0, 0.05) is 18.7 Å². The van der Waals surface area contributed by atoms with E-state index < -0.39 is 22.0 Å². The molecule has 0 radical (unpaired) electrons. The molecule has 1 saturated heterocycles. The largest absolute Gasteiger partial charge is 0.425 e. The lowest BCUT2D eigenvalue weighted by atomic mass is 10.1. The number of esters is 1. The van der Waals surface area contributed by atoms with Crippen molar-refractivity contribution in [3.05, 3.63) is 65.7 Å². The molecule has 0 bridgehead atoms. The summed E-state index contributed by atoms with van der Waals surface area (Å²) in [4.78, 5) is 25.0. The average Bonchev–Trinajstić information content (AvgIpc) is 2.72. The minimum absolute atomic E-state index is 0.210. The Morgan fingerprint density at radius 2 is 1.86 bits per heavy atom. The molecule has 1 aliphatic rings. The number of ether oxygens (including phenoxy) is 1. The fourth-order valence-electron chi connectivity index (χ4n) is 3.30. The second-order valence-electron chi connectivity index (χ2n) is 7.00. The van der Waals surface area contributed by atoms with Crippen LogP contribution in [0.5, 0.6) is 5.75 Å². The van der Waals surface area contributed by atoms with E-state index >= 15 is 0 Å². The monoisotopic (exact) mass is 416 g/mol. The Labute approximate surface area is 170 Å². The van der Waals surface area contributed by atoms with Crippen molar-refractivity contribution in [2.45, 2.75) is 31.8 Å². The number of hydrogen-bond acceptors (Lipinski definition) is 5. The lowest BCUT2D eigenvalue weighted by molar-refractivity contribution is -0.139. The molecular weight excluding hydrogens is 392 g/mol. The first-order valence-electron chi connectivity index (χ1n) is 9.45. The molecule has 0 saturated carbocycles. The number of rotatable bonds is 6. The van der Waals surface area contributed by atoms with Crippen LogP contribution in [0.4, 0.5) is 0 Å². The van der Waals surface area contributed by atoms with Gasteiger partial charge in [-0.25, -0.2) is 13.2 Å². The summed E-state index contributed by atoms with van der Waals surface area (Å²) in [6.45, 7) is 0.690. The zero-order valence-electron chi connectivity index (χ0n) is 16.2. The van der Waals surface area contributed by atoms with Crippen LogP contribution < -0.4 is 10.1 Å². The van der Waals surface area contributed by atoms with Crippen molar-refractivity contribution >= 4 is 21.9 Å². The van der Waals surface area contributed by atoms with E-state index in [0.717, 1.165) is 18.2 Å². The Balaban J connectivity index is 1.65.